The van der Waals surface area contributed by atoms with E-state index in [9.17, 15) is 13.2 Å². The molecular formula is C24H30F3N7OS. The molecule has 0 bridgehead atoms. The van der Waals surface area contributed by atoms with Gasteiger partial charge in [-0.1, -0.05) is 6.07 Å². The molecule has 36 heavy (non-hydrogen) atoms. The Morgan fingerprint density at radius 3 is 2.67 bits per heavy atom. The first kappa shape index (κ1) is 25.1. The Balaban J connectivity index is 1.45. The molecule has 4 heterocycles. The second kappa shape index (κ2) is 10.1. The quantitative estimate of drug-likeness (QED) is 0.470. The molecule has 12 heteroatoms. The second-order valence-electron chi connectivity index (χ2n) is 9.68. The highest BCUT2D eigenvalue weighted by Crippen LogP contribution is 2.36. The van der Waals surface area contributed by atoms with E-state index in [2.05, 4.69) is 32.3 Å². The van der Waals surface area contributed by atoms with Crippen molar-refractivity contribution in [1.29, 1.82) is 5.41 Å². The van der Waals surface area contributed by atoms with Crippen LogP contribution in [0.2, 0.25) is 0 Å². The molecular weight excluding hydrogens is 491 g/mol. The topological polar surface area (TPSA) is 89.4 Å². The SMILES string of the molecule is CC1(Nc2nc(Nc3cccc(C(F)(F)F)c3)c(C=N)c(N3CC(N4CCOCC4)C3)n2)CCSC1. The summed E-state index contributed by atoms with van der Waals surface area (Å²) >= 11 is 1.86. The van der Waals surface area contributed by atoms with Gasteiger partial charge in [-0.3, -0.25) is 4.90 Å². The highest BCUT2D eigenvalue weighted by Gasteiger charge is 2.36. The number of morpholine rings is 1. The van der Waals surface area contributed by atoms with Crippen LogP contribution in [0.15, 0.2) is 24.3 Å². The van der Waals surface area contributed by atoms with Gasteiger partial charge in [0.05, 0.1) is 24.3 Å². The molecule has 0 amide bonds. The van der Waals surface area contributed by atoms with Crippen molar-refractivity contribution in [3.63, 3.8) is 0 Å². The second-order valence-corrected chi connectivity index (χ2v) is 10.8. The van der Waals surface area contributed by atoms with E-state index in [1.807, 2.05) is 11.8 Å². The first-order valence-corrected chi connectivity index (χ1v) is 13.2. The summed E-state index contributed by atoms with van der Waals surface area (Å²) in [6.45, 7) is 6.88. The van der Waals surface area contributed by atoms with Crippen molar-refractivity contribution in [3.05, 3.63) is 35.4 Å². The Morgan fingerprint density at radius 1 is 1.22 bits per heavy atom. The van der Waals surface area contributed by atoms with E-state index in [1.165, 1.54) is 12.3 Å². The summed E-state index contributed by atoms with van der Waals surface area (Å²) in [5.41, 5.74) is -0.221. The average molecular weight is 522 g/mol. The number of anilines is 4. The third-order valence-corrected chi connectivity index (χ3v) is 8.21. The van der Waals surface area contributed by atoms with Gasteiger partial charge in [-0.05, 0) is 37.3 Å². The average Bonchev–Trinajstić information content (AvgIpc) is 3.24. The molecule has 1 aromatic heterocycles. The van der Waals surface area contributed by atoms with Crippen LogP contribution in [-0.2, 0) is 10.9 Å². The van der Waals surface area contributed by atoms with Gasteiger partial charge in [0.1, 0.15) is 11.6 Å². The number of rotatable bonds is 7. The number of nitrogens with zero attached hydrogens (tertiary/aromatic N) is 4. The van der Waals surface area contributed by atoms with Crippen molar-refractivity contribution in [1.82, 2.24) is 14.9 Å². The number of aromatic nitrogens is 2. The van der Waals surface area contributed by atoms with Crippen LogP contribution in [0, 0.1) is 5.41 Å². The van der Waals surface area contributed by atoms with E-state index in [4.69, 9.17) is 15.1 Å². The number of hydrogen-bond donors (Lipinski definition) is 3. The third-order valence-electron chi connectivity index (χ3n) is 6.88. The Hall–Kier alpha value is -2.57. The standard InChI is InChI=1S/C24H30F3N7OS/c1-23(5-10-36-15-23)32-22-30-20(29-17-4-2-3-16(11-17)24(25,26)27)19(12-28)21(31-22)34-13-18(14-34)33-6-8-35-9-7-33/h2-4,11-12,18,28H,5-10,13-15H2,1H3,(H2,29,30,31,32). The van der Waals surface area contributed by atoms with Gasteiger partial charge in [0.2, 0.25) is 5.95 Å². The number of nitrogens with one attached hydrogen (secondary N) is 3. The first-order valence-electron chi connectivity index (χ1n) is 12.0. The number of benzene rings is 1. The maximum Gasteiger partial charge on any atom is 0.416 e. The fraction of sp³-hybridized carbons (Fsp3) is 0.542. The summed E-state index contributed by atoms with van der Waals surface area (Å²) in [4.78, 5) is 13.9. The van der Waals surface area contributed by atoms with Crippen LogP contribution in [0.4, 0.5) is 36.4 Å². The molecule has 8 nitrogen and oxygen atoms in total. The van der Waals surface area contributed by atoms with Crippen LogP contribution >= 0.6 is 11.8 Å². The van der Waals surface area contributed by atoms with Crippen LogP contribution < -0.4 is 15.5 Å². The Morgan fingerprint density at radius 2 is 2.00 bits per heavy atom. The number of halogens is 3. The lowest BCUT2D eigenvalue weighted by Gasteiger charge is -2.47. The molecule has 1 unspecified atom stereocenters. The van der Waals surface area contributed by atoms with Gasteiger partial charge in [0.15, 0.2) is 0 Å². The lowest BCUT2D eigenvalue weighted by atomic mass is 10.0. The molecule has 0 radical (unpaired) electrons. The molecule has 3 aliphatic rings. The lowest BCUT2D eigenvalue weighted by Crippen LogP contribution is -2.62. The molecule has 3 saturated heterocycles. The number of alkyl halides is 3. The van der Waals surface area contributed by atoms with Gasteiger partial charge >= 0.3 is 6.18 Å². The fourth-order valence-corrected chi connectivity index (χ4v) is 6.14. The zero-order valence-electron chi connectivity index (χ0n) is 20.1. The molecule has 0 aliphatic carbocycles. The summed E-state index contributed by atoms with van der Waals surface area (Å²) in [5.74, 6) is 3.27. The van der Waals surface area contributed by atoms with E-state index in [0.29, 0.717) is 29.2 Å². The Bertz CT molecular complexity index is 1100. The molecule has 1 atom stereocenters. The number of hydrogen-bond acceptors (Lipinski definition) is 9. The molecule has 5 rings (SSSR count). The molecule has 2 aromatic rings. The van der Waals surface area contributed by atoms with E-state index < -0.39 is 11.7 Å². The van der Waals surface area contributed by atoms with E-state index in [-0.39, 0.29) is 11.2 Å². The fourth-order valence-electron chi connectivity index (χ4n) is 4.73. The Kier molecular flexibility index (Phi) is 7.01. The lowest BCUT2D eigenvalue weighted by molar-refractivity contribution is -0.137. The molecule has 0 spiro atoms. The van der Waals surface area contributed by atoms with Crippen molar-refractivity contribution in [2.45, 2.75) is 31.1 Å². The molecule has 3 aliphatic heterocycles. The highest BCUT2D eigenvalue weighted by molar-refractivity contribution is 7.99. The van der Waals surface area contributed by atoms with Crippen molar-refractivity contribution >= 4 is 41.2 Å². The predicted octanol–water partition coefficient (Wildman–Crippen LogP) is 4.06. The normalized spacial score (nSPS) is 23.4. The van der Waals surface area contributed by atoms with Crippen molar-refractivity contribution in [2.24, 2.45) is 0 Å². The smallest absolute Gasteiger partial charge is 0.379 e. The molecule has 1 aromatic carbocycles. The van der Waals surface area contributed by atoms with Gasteiger partial charge in [0.25, 0.3) is 0 Å². The van der Waals surface area contributed by atoms with Gasteiger partial charge in [-0.25, -0.2) is 0 Å². The molecule has 3 N–H and O–H groups in total. The first-order chi connectivity index (χ1) is 17.2. The van der Waals surface area contributed by atoms with Crippen molar-refractivity contribution in [2.75, 3.05) is 66.4 Å². The van der Waals surface area contributed by atoms with Gasteiger partial charge in [-0.15, -0.1) is 0 Å². The summed E-state index contributed by atoms with van der Waals surface area (Å²) < 4.78 is 45.3. The largest absolute Gasteiger partial charge is 0.416 e. The zero-order valence-corrected chi connectivity index (χ0v) is 20.9. The van der Waals surface area contributed by atoms with Crippen molar-refractivity contribution in [3.8, 4) is 0 Å². The minimum atomic E-state index is -4.45. The zero-order chi connectivity index (χ0) is 25.3. The highest BCUT2D eigenvalue weighted by atomic mass is 32.2. The maximum atomic E-state index is 13.3. The van der Waals surface area contributed by atoms with E-state index >= 15 is 0 Å². The molecule has 3 fully saturated rings. The predicted molar refractivity (Wildman–Crippen MR) is 137 cm³/mol. The van der Waals surface area contributed by atoms with Crippen LogP contribution in [0.1, 0.15) is 24.5 Å². The van der Waals surface area contributed by atoms with E-state index in [1.54, 1.807) is 6.07 Å². The van der Waals surface area contributed by atoms with Crippen molar-refractivity contribution < 1.29 is 17.9 Å². The van der Waals surface area contributed by atoms with Gasteiger partial charge in [-0.2, -0.15) is 34.9 Å². The van der Waals surface area contributed by atoms with Gasteiger partial charge < -0.3 is 25.7 Å². The van der Waals surface area contributed by atoms with Crippen LogP contribution in [-0.4, -0.2) is 83.6 Å². The summed E-state index contributed by atoms with van der Waals surface area (Å²) in [6, 6.07) is 5.38. The maximum absolute atomic E-state index is 13.3. The summed E-state index contributed by atoms with van der Waals surface area (Å²) in [5, 5.41) is 14.6. The van der Waals surface area contributed by atoms with Crippen LogP contribution in [0.3, 0.4) is 0 Å². The third kappa shape index (κ3) is 5.40. The van der Waals surface area contributed by atoms with Crippen LogP contribution in [0.5, 0.6) is 0 Å². The summed E-state index contributed by atoms with van der Waals surface area (Å²) in [6.07, 6.45) is -2.32. The molecule has 194 valence electrons. The monoisotopic (exact) mass is 521 g/mol. The number of ether oxygens (including phenoxy) is 1. The number of thioether (sulfide) groups is 1. The Labute approximate surface area is 212 Å². The summed E-state index contributed by atoms with van der Waals surface area (Å²) in [7, 11) is 0. The minimum Gasteiger partial charge on any atom is -0.379 e. The minimum absolute atomic E-state index is 0.174. The van der Waals surface area contributed by atoms with Crippen LogP contribution in [0.25, 0.3) is 0 Å². The van der Waals surface area contributed by atoms with E-state index in [0.717, 1.165) is 69.5 Å². The molecule has 0 saturated carbocycles. The van der Waals surface area contributed by atoms with Gasteiger partial charge in [0, 0.05) is 55.4 Å².